The predicted molar refractivity (Wildman–Crippen MR) is 54.0 cm³/mol. The normalized spacial score (nSPS) is 14.7. The van der Waals surface area contributed by atoms with Gasteiger partial charge in [-0.15, -0.1) is 6.58 Å². The molecule has 13 heavy (non-hydrogen) atoms. The van der Waals surface area contributed by atoms with Gasteiger partial charge in [0.05, 0.1) is 6.10 Å². The molecule has 2 nitrogen and oxygen atoms in total. The Labute approximate surface area is 79.6 Å². The number of rotatable bonds is 4. The van der Waals surface area contributed by atoms with Crippen LogP contribution in [0.4, 0.5) is 0 Å². The van der Waals surface area contributed by atoms with Crippen molar-refractivity contribution in [3.05, 3.63) is 24.8 Å². The van der Waals surface area contributed by atoms with E-state index >= 15 is 0 Å². The van der Waals surface area contributed by atoms with Crippen molar-refractivity contribution in [1.29, 1.82) is 0 Å². The lowest BCUT2D eigenvalue weighted by Gasteiger charge is -1.96. The minimum absolute atomic E-state index is 0.320. The van der Waals surface area contributed by atoms with Gasteiger partial charge in [0, 0.05) is 6.42 Å². The Morgan fingerprint density at radius 2 is 2.15 bits per heavy atom. The van der Waals surface area contributed by atoms with E-state index < -0.39 is 12.2 Å². The molecule has 2 heteroatoms. The van der Waals surface area contributed by atoms with Crippen molar-refractivity contribution < 1.29 is 10.2 Å². The average Bonchev–Trinajstić information content (AvgIpc) is 2.14. The molecule has 0 spiro atoms. The summed E-state index contributed by atoms with van der Waals surface area (Å²) < 4.78 is 0. The number of hydrogen-bond donors (Lipinski definition) is 2. The summed E-state index contributed by atoms with van der Waals surface area (Å²) in [6, 6.07) is 0. The second-order valence-corrected chi connectivity index (χ2v) is 2.61. The van der Waals surface area contributed by atoms with Crippen molar-refractivity contribution in [1.82, 2.24) is 0 Å². The fraction of sp³-hybridized carbons (Fsp3) is 0.455. The third kappa shape index (κ3) is 7.32. The van der Waals surface area contributed by atoms with Crippen LogP contribution in [0, 0.1) is 11.8 Å². The van der Waals surface area contributed by atoms with Crippen LogP contribution in [0.25, 0.3) is 0 Å². The molecule has 72 valence electrons. The molecule has 0 aliphatic rings. The van der Waals surface area contributed by atoms with E-state index in [0.717, 1.165) is 6.42 Å². The number of aliphatic hydroxyl groups is 2. The first-order chi connectivity index (χ1) is 6.20. The van der Waals surface area contributed by atoms with Crippen molar-refractivity contribution >= 4 is 0 Å². The minimum Gasteiger partial charge on any atom is -0.388 e. The summed E-state index contributed by atoms with van der Waals surface area (Å²) in [7, 11) is 0. The van der Waals surface area contributed by atoms with E-state index in [0.29, 0.717) is 6.42 Å². The minimum atomic E-state index is -0.725. The maximum atomic E-state index is 9.20. The van der Waals surface area contributed by atoms with E-state index in [1.165, 1.54) is 6.08 Å². The van der Waals surface area contributed by atoms with E-state index in [-0.39, 0.29) is 0 Å². The molecule has 0 saturated heterocycles. The number of aliphatic hydroxyl groups excluding tert-OH is 2. The van der Waals surface area contributed by atoms with Crippen molar-refractivity contribution in [2.75, 3.05) is 0 Å². The van der Waals surface area contributed by atoms with Crippen LogP contribution in [0.3, 0.4) is 0 Å². The molecular formula is C11H16O2. The molecule has 0 fully saturated rings. The van der Waals surface area contributed by atoms with Crippen LogP contribution in [0.5, 0.6) is 0 Å². The van der Waals surface area contributed by atoms with E-state index in [4.69, 9.17) is 5.11 Å². The lowest BCUT2D eigenvalue weighted by atomic mass is 10.2. The first-order valence-corrected chi connectivity index (χ1v) is 4.34. The van der Waals surface area contributed by atoms with Gasteiger partial charge in [-0.05, 0) is 12.5 Å². The standard InChI is InChI=1S/C11H16O2/c1-3-5-7-11(13)9-6-8-10(12)4-2/h4-5,7,10-13H,2-3,8H2,1H3. The maximum Gasteiger partial charge on any atom is 0.133 e. The highest BCUT2D eigenvalue weighted by Gasteiger charge is 1.93. The third-order valence-corrected chi connectivity index (χ3v) is 1.39. The zero-order valence-corrected chi connectivity index (χ0v) is 7.90. The first-order valence-electron chi connectivity index (χ1n) is 4.34. The van der Waals surface area contributed by atoms with E-state index in [9.17, 15) is 5.11 Å². The highest BCUT2D eigenvalue weighted by atomic mass is 16.3. The van der Waals surface area contributed by atoms with Gasteiger partial charge in [0.25, 0.3) is 0 Å². The Bertz CT molecular complexity index is 220. The molecule has 0 aliphatic carbocycles. The molecule has 0 aromatic carbocycles. The molecule has 2 atom stereocenters. The molecule has 0 aromatic rings. The van der Waals surface area contributed by atoms with Gasteiger partial charge in [0.15, 0.2) is 0 Å². The molecule has 0 radical (unpaired) electrons. The lowest BCUT2D eigenvalue weighted by molar-refractivity contribution is 0.229. The fourth-order valence-electron chi connectivity index (χ4n) is 0.664. The lowest BCUT2D eigenvalue weighted by Crippen LogP contribution is -2.01. The van der Waals surface area contributed by atoms with Crippen molar-refractivity contribution in [2.24, 2.45) is 0 Å². The summed E-state index contributed by atoms with van der Waals surface area (Å²) in [6.45, 7) is 5.40. The molecule has 0 aromatic heterocycles. The molecule has 2 unspecified atom stereocenters. The van der Waals surface area contributed by atoms with Gasteiger partial charge in [-0.2, -0.15) is 0 Å². The molecule has 0 amide bonds. The van der Waals surface area contributed by atoms with Gasteiger partial charge in [-0.3, -0.25) is 0 Å². The van der Waals surface area contributed by atoms with Gasteiger partial charge >= 0.3 is 0 Å². The Balaban J connectivity index is 3.81. The van der Waals surface area contributed by atoms with Crippen molar-refractivity contribution in [3.63, 3.8) is 0 Å². The van der Waals surface area contributed by atoms with Crippen molar-refractivity contribution in [3.8, 4) is 11.8 Å². The van der Waals surface area contributed by atoms with Crippen LogP contribution in [0.2, 0.25) is 0 Å². The predicted octanol–water partition coefficient (Wildman–Crippen LogP) is 1.25. The second kappa shape index (κ2) is 7.60. The Morgan fingerprint density at radius 3 is 2.69 bits per heavy atom. The first kappa shape index (κ1) is 12.0. The van der Waals surface area contributed by atoms with Crippen LogP contribution in [-0.4, -0.2) is 22.4 Å². The average molecular weight is 180 g/mol. The zero-order chi connectivity index (χ0) is 10.1. The largest absolute Gasteiger partial charge is 0.388 e. The number of allylic oxidation sites excluding steroid dienone is 1. The Hall–Kier alpha value is -1.04. The third-order valence-electron chi connectivity index (χ3n) is 1.39. The summed E-state index contributed by atoms with van der Waals surface area (Å²) in [6.07, 6.45) is 4.78. The maximum absolute atomic E-state index is 9.20. The molecule has 0 bridgehead atoms. The molecular weight excluding hydrogens is 164 g/mol. The van der Waals surface area contributed by atoms with Gasteiger partial charge in [0.2, 0.25) is 0 Å². The van der Waals surface area contributed by atoms with Crippen LogP contribution in [0.15, 0.2) is 24.8 Å². The summed E-state index contributed by atoms with van der Waals surface area (Å²) in [5.74, 6) is 5.27. The highest BCUT2D eigenvalue weighted by Crippen LogP contribution is 1.91. The molecule has 2 N–H and O–H groups in total. The second-order valence-electron chi connectivity index (χ2n) is 2.61. The summed E-state index contributed by atoms with van der Waals surface area (Å²) in [4.78, 5) is 0. The van der Waals surface area contributed by atoms with Crippen LogP contribution >= 0.6 is 0 Å². The van der Waals surface area contributed by atoms with E-state index in [1.807, 2.05) is 13.0 Å². The Morgan fingerprint density at radius 1 is 1.46 bits per heavy atom. The van der Waals surface area contributed by atoms with Crippen LogP contribution in [0.1, 0.15) is 19.8 Å². The topological polar surface area (TPSA) is 40.5 Å². The van der Waals surface area contributed by atoms with Gasteiger partial charge in [0.1, 0.15) is 6.10 Å². The highest BCUT2D eigenvalue weighted by molar-refractivity contribution is 5.13. The quantitative estimate of drug-likeness (QED) is 0.505. The van der Waals surface area contributed by atoms with E-state index in [2.05, 4.69) is 18.4 Å². The Kier molecular flexibility index (Phi) is 6.99. The molecule has 0 rings (SSSR count). The smallest absolute Gasteiger partial charge is 0.133 e. The summed E-state index contributed by atoms with van der Waals surface area (Å²) in [5, 5.41) is 18.2. The van der Waals surface area contributed by atoms with Crippen LogP contribution in [-0.2, 0) is 0 Å². The summed E-state index contributed by atoms with van der Waals surface area (Å²) >= 11 is 0. The van der Waals surface area contributed by atoms with Crippen LogP contribution < -0.4 is 0 Å². The number of hydrogen-bond acceptors (Lipinski definition) is 2. The monoisotopic (exact) mass is 180 g/mol. The molecule has 0 aliphatic heterocycles. The van der Waals surface area contributed by atoms with Gasteiger partial charge in [-0.1, -0.05) is 30.9 Å². The summed E-state index contributed by atoms with van der Waals surface area (Å²) in [5.41, 5.74) is 0. The molecule has 0 saturated carbocycles. The SMILES string of the molecule is C=CC(O)CC#CC(O)C=CCC. The zero-order valence-electron chi connectivity index (χ0n) is 7.90. The fourth-order valence-corrected chi connectivity index (χ4v) is 0.664. The van der Waals surface area contributed by atoms with E-state index in [1.54, 1.807) is 6.08 Å². The van der Waals surface area contributed by atoms with Gasteiger partial charge < -0.3 is 10.2 Å². The van der Waals surface area contributed by atoms with Gasteiger partial charge in [-0.25, -0.2) is 0 Å². The van der Waals surface area contributed by atoms with Crippen molar-refractivity contribution in [2.45, 2.75) is 32.0 Å². The molecule has 0 heterocycles.